The van der Waals surface area contributed by atoms with Crippen LogP contribution >= 0.6 is 0 Å². The molecule has 0 aromatic carbocycles. The smallest absolute Gasteiger partial charge is 0.127 e. The number of rotatable bonds is 3. The zero-order valence-electron chi connectivity index (χ0n) is 14.4. The van der Waals surface area contributed by atoms with E-state index in [1.807, 2.05) is 12.4 Å². The average Bonchev–Trinajstić information content (AvgIpc) is 2.63. The van der Waals surface area contributed by atoms with E-state index in [0.29, 0.717) is 25.9 Å². The number of hydrogen-bond donors (Lipinski definition) is 1. The first-order valence-corrected chi connectivity index (χ1v) is 9.12. The molecule has 0 aliphatic carbocycles. The summed E-state index contributed by atoms with van der Waals surface area (Å²) in [6.07, 6.45) is 6.45. The van der Waals surface area contributed by atoms with Crippen molar-refractivity contribution in [1.82, 2.24) is 14.9 Å². The van der Waals surface area contributed by atoms with Crippen molar-refractivity contribution in [2.24, 2.45) is 11.8 Å². The Balaban J connectivity index is 1.55. The lowest BCUT2D eigenvalue weighted by molar-refractivity contribution is -0.221. The molecule has 4 atom stereocenters. The average molecular weight is 333 g/mol. The first-order valence-electron chi connectivity index (χ1n) is 9.12. The Kier molecular flexibility index (Phi) is 4.56. The van der Waals surface area contributed by atoms with Gasteiger partial charge >= 0.3 is 0 Å². The van der Waals surface area contributed by atoms with Gasteiger partial charge in [-0.2, -0.15) is 0 Å². The molecule has 0 spiro atoms. The molecule has 3 aliphatic heterocycles. The van der Waals surface area contributed by atoms with Crippen LogP contribution in [0.15, 0.2) is 12.4 Å². The van der Waals surface area contributed by atoms with Crippen LogP contribution in [-0.4, -0.2) is 64.6 Å². The van der Waals surface area contributed by atoms with Gasteiger partial charge in [0.25, 0.3) is 0 Å². The number of aryl methyl sites for hydroxylation is 1. The zero-order valence-corrected chi connectivity index (χ0v) is 14.4. The normalized spacial score (nSPS) is 36.8. The topological polar surface area (TPSA) is 67.7 Å². The van der Waals surface area contributed by atoms with Crippen LogP contribution in [-0.2, 0) is 22.4 Å². The van der Waals surface area contributed by atoms with Crippen LogP contribution in [0.25, 0.3) is 0 Å². The van der Waals surface area contributed by atoms with Crippen molar-refractivity contribution in [2.45, 2.75) is 44.4 Å². The summed E-state index contributed by atoms with van der Waals surface area (Å²) in [6.45, 7) is 6.49. The van der Waals surface area contributed by atoms with Crippen LogP contribution in [0.4, 0.5) is 0 Å². The number of likely N-dealkylation sites (tertiary alicyclic amines) is 1. The van der Waals surface area contributed by atoms with Gasteiger partial charge in [-0.25, -0.2) is 9.97 Å². The van der Waals surface area contributed by atoms with E-state index < -0.39 is 5.60 Å². The van der Waals surface area contributed by atoms with Gasteiger partial charge in [0.2, 0.25) is 0 Å². The largest absolute Gasteiger partial charge is 0.389 e. The van der Waals surface area contributed by atoms with Crippen molar-refractivity contribution >= 4 is 0 Å². The highest BCUT2D eigenvalue weighted by Gasteiger charge is 2.55. The monoisotopic (exact) mass is 333 g/mol. The van der Waals surface area contributed by atoms with Crippen molar-refractivity contribution in [3.05, 3.63) is 23.8 Å². The second kappa shape index (κ2) is 6.67. The Morgan fingerprint density at radius 2 is 2.04 bits per heavy atom. The molecule has 6 nitrogen and oxygen atoms in total. The highest BCUT2D eigenvalue weighted by molar-refractivity contribution is 5.10. The van der Waals surface area contributed by atoms with E-state index in [0.717, 1.165) is 50.3 Å². The van der Waals surface area contributed by atoms with E-state index in [2.05, 4.69) is 21.8 Å². The Morgan fingerprint density at radius 1 is 1.25 bits per heavy atom. The molecule has 3 aliphatic rings. The van der Waals surface area contributed by atoms with Crippen LogP contribution in [0, 0.1) is 11.8 Å². The highest BCUT2D eigenvalue weighted by Crippen LogP contribution is 2.44. The highest BCUT2D eigenvalue weighted by atomic mass is 16.5. The molecule has 6 heteroatoms. The minimum atomic E-state index is -0.637. The number of hydrogen-bond acceptors (Lipinski definition) is 6. The van der Waals surface area contributed by atoms with E-state index >= 15 is 0 Å². The summed E-state index contributed by atoms with van der Waals surface area (Å²) >= 11 is 0. The second-order valence-corrected chi connectivity index (χ2v) is 7.34. The Morgan fingerprint density at radius 3 is 2.83 bits per heavy atom. The van der Waals surface area contributed by atoms with Crippen LogP contribution in [0.2, 0.25) is 0 Å². The van der Waals surface area contributed by atoms with Crippen LogP contribution in [0.5, 0.6) is 0 Å². The van der Waals surface area contributed by atoms with E-state index in [9.17, 15) is 5.11 Å². The summed E-state index contributed by atoms with van der Waals surface area (Å²) in [5.74, 6) is 1.21. The second-order valence-electron chi connectivity index (χ2n) is 7.34. The quantitative estimate of drug-likeness (QED) is 0.891. The molecule has 3 fully saturated rings. The van der Waals surface area contributed by atoms with Crippen molar-refractivity contribution in [1.29, 1.82) is 0 Å². The van der Waals surface area contributed by atoms with Gasteiger partial charge < -0.3 is 14.6 Å². The number of fused-ring (bicyclic) bond motifs is 3. The molecule has 0 bridgehead atoms. The number of nitrogens with zero attached hydrogens (tertiary/aromatic N) is 3. The number of aliphatic hydroxyl groups is 1. The maximum absolute atomic E-state index is 11.3. The Hall–Kier alpha value is -1.08. The minimum absolute atomic E-state index is 0.157. The zero-order chi connectivity index (χ0) is 16.6. The molecule has 0 amide bonds. The van der Waals surface area contributed by atoms with Gasteiger partial charge in [0.1, 0.15) is 5.82 Å². The van der Waals surface area contributed by atoms with Gasteiger partial charge in [0.05, 0.1) is 18.8 Å². The molecule has 1 N–H and O–H groups in total. The summed E-state index contributed by atoms with van der Waals surface area (Å²) in [4.78, 5) is 11.3. The molecule has 4 heterocycles. The Labute approximate surface area is 143 Å². The third-order valence-corrected chi connectivity index (χ3v) is 6.02. The molecule has 3 saturated heterocycles. The summed E-state index contributed by atoms with van der Waals surface area (Å²) in [7, 11) is 0. The lowest BCUT2D eigenvalue weighted by atomic mass is 9.66. The van der Waals surface area contributed by atoms with Crippen molar-refractivity contribution in [3.63, 3.8) is 0 Å². The lowest BCUT2D eigenvalue weighted by Gasteiger charge is -2.57. The predicted octanol–water partition coefficient (Wildman–Crippen LogP) is 1.03. The van der Waals surface area contributed by atoms with Crippen molar-refractivity contribution < 1.29 is 14.6 Å². The fraction of sp³-hybridized carbons (Fsp3) is 0.778. The lowest BCUT2D eigenvalue weighted by Crippen LogP contribution is -2.67. The number of piperidine rings is 1. The van der Waals surface area contributed by atoms with Crippen LogP contribution in [0.3, 0.4) is 0 Å². The molecule has 132 valence electrons. The van der Waals surface area contributed by atoms with Crippen LogP contribution < -0.4 is 0 Å². The van der Waals surface area contributed by atoms with E-state index in [-0.39, 0.29) is 11.8 Å². The predicted molar refractivity (Wildman–Crippen MR) is 88.4 cm³/mol. The van der Waals surface area contributed by atoms with Gasteiger partial charge in [0.15, 0.2) is 0 Å². The summed E-state index contributed by atoms with van der Waals surface area (Å²) < 4.78 is 11.4. The number of ether oxygens (including phenoxy) is 2. The first-order chi connectivity index (χ1) is 11.7. The molecule has 4 rings (SSSR count). The molecule has 1 aromatic heterocycles. The van der Waals surface area contributed by atoms with Gasteiger partial charge in [0, 0.05) is 75.0 Å². The molecule has 0 unspecified atom stereocenters. The maximum Gasteiger partial charge on any atom is 0.127 e. The Bertz CT molecular complexity index is 567. The third-order valence-electron chi connectivity index (χ3n) is 6.02. The standard InChI is InChI=1S/C18H27N3O3/c1-2-17-19-7-13(8-20-17)9-21-10-14-11-24-6-4-18(14,22)15-12-23-5-3-16(15)21/h7-8,14-16,22H,2-6,9-12H2,1H3/t14-,15+,16-,18-/m0/s1. The fourth-order valence-corrected chi connectivity index (χ4v) is 4.63. The molecule has 24 heavy (non-hydrogen) atoms. The maximum atomic E-state index is 11.3. The van der Waals surface area contributed by atoms with Gasteiger partial charge in [-0.1, -0.05) is 6.92 Å². The first kappa shape index (κ1) is 16.4. The van der Waals surface area contributed by atoms with E-state index in [4.69, 9.17) is 9.47 Å². The molecular weight excluding hydrogens is 306 g/mol. The molecule has 0 radical (unpaired) electrons. The summed E-state index contributed by atoms with van der Waals surface area (Å²) in [6, 6.07) is 0.365. The van der Waals surface area contributed by atoms with Crippen LogP contribution in [0.1, 0.15) is 31.2 Å². The molecular formula is C18H27N3O3. The minimum Gasteiger partial charge on any atom is -0.389 e. The van der Waals surface area contributed by atoms with Crippen molar-refractivity contribution in [2.75, 3.05) is 33.0 Å². The summed E-state index contributed by atoms with van der Waals surface area (Å²) in [5.41, 5.74) is 0.502. The SMILES string of the molecule is CCc1ncc(CN2C[C@H]3COCC[C@@]3(O)[C@@H]3COCC[C@@H]32)cn1. The fourth-order valence-electron chi connectivity index (χ4n) is 4.63. The third kappa shape index (κ3) is 2.86. The van der Waals surface area contributed by atoms with E-state index in [1.165, 1.54) is 0 Å². The van der Waals surface area contributed by atoms with Gasteiger partial charge in [-0.05, 0) is 6.42 Å². The summed E-state index contributed by atoms with van der Waals surface area (Å²) in [5, 5.41) is 11.3. The molecule has 1 aromatic rings. The van der Waals surface area contributed by atoms with E-state index in [1.54, 1.807) is 0 Å². The van der Waals surface area contributed by atoms with Crippen molar-refractivity contribution in [3.8, 4) is 0 Å². The van der Waals surface area contributed by atoms with Gasteiger partial charge in [-0.15, -0.1) is 0 Å². The van der Waals surface area contributed by atoms with Gasteiger partial charge in [-0.3, -0.25) is 4.90 Å². The number of aromatic nitrogens is 2. The molecule has 0 saturated carbocycles.